The molecule has 1 saturated heterocycles. The van der Waals surface area contributed by atoms with Gasteiger partial charge in [0.15, 0.2) is 0 Å². The molecule has 4 heteroatoms. The van der Waals surface area contributed by atoms with E-state index in [1.165, 1.54) is 11.5 Å². The van der Waals surface area contributed by atoms with Crippen LogP contribution in [0.2, 0.25) is 0 Å². The van der Waals surface area contributed by atoms with Crippen molar-refractivity contribution >= 4 is 17.7 Å². The first-order valence-corrected chi connectivity index (χ1v) is 7.09. The summed E-state index contributed by atoms with van der Waals surface area (Å²) in [4.78, 5) is 11.6. The maximum atomic E-state index is 11.6. The van der Waals surface area contributed by atoms with Crippen molar-refractivity contribution in [1.82, 2.24) is 10.6 Å². The zero-order chi connectivity index (χ0) is 10.9. The van der Waals surface area contributed by atoms with E-state index in [9.17, 15) is 4.79 Å². The van der Waals surface area contributed by atoms with E-state index >= 15 is 0 Å². The first-order valence-electron chi connectivity index (χ1n) is 5.93. The molecule has 88 valence electrons. The minimum atomic E-state index is 0.0547. The summed E-state index contributed by atoms with van der Waals surface area (Å²) in [6, 6.07) is 0.0547. The molecule has 0 bridgehead atoms. The van der Waals surface area contributed by atoms with Gasteiger partial charge in [0.1, 0.15) is 0 Å². The van der Waals surface area contributed by atoms with Gasteiger partial charge in [-0.25, -0.2) is 0 Å². The summed E-state index contributed by atoms with van der Waals surface area (Å²) in [5.74, 6) is 2.57. The summed E-state index contributed by atoms with van der Waals surface area (Å²) in [5.41, 5.74) is 0. The summed E-state index contributed by atoms with van der Waals surface area (Å²) < 4.78 is 0. The SMILES string of the molecule is CCSCCCNC1CCCCNC1=O. The fraction of sp³-hybridized carbons (Fsp3) is 0.909. The number of amides is 1. The quantitative estimate of drug-likeness (QED) is 0.678. The van der Waals surface area contributed by atoms with Crippen molar-refractivity contribution in [3.8, 4) is 0 Å². The number of rotatable bonds is 6. The van der Waals surface area contributed by atoms with E-state index in [-0.39, 0.29) is 11.9 Å². The summed E-state index contributed by atoms with van der Waals surface area (Å²) in [6.45, 7) is 3.99. The predicted octanol–water partition coefficient (Wildman–Crippen LogP) is 1.39. The van der Waals surface area contributed by atoms with E-state index in [1.54, 1.807) is 0 Å². The highest BCUT2D eigenvalue weighted by Crippen LogP contribution is 2.06. The number of carbonyl (C=O) groups excluding carboxylic acids is 1. The number of carbonyl (C=O) groups is 1. The Kier molecular flexibility index (Phi) is 6.85. The molecule has 2 N–H and O–H groups in total. The first-order chi connectivity index (χ1) is 7.34. The lowest BCUT2D eigenvalue weighted by Crippen LogP contribution is -2.43. The summed E-state index contributed by atoms with van der Waals surface area (Å²) in [5, 5.41) is 6.28. The maximum Gasteiger partial charge on any atom is 0.237 e. The van der Waals surface area contributed by atoms with Crippen LogP contribution >= 0.6 is 11.8 Å². The molecule has 15 heavy (non-hydrogen) atoms. The number of hydrogen-bond acceptors (Lipinski definition) is 3. The average molecular weight is 230 g/mol. The number of hydrogen-bond donors (Lipinski definition) is 2. The van der Waals surface area contributed by atoms with Gasteiger partial charge in [0.25, 0.3) is 0 Å². The third-order valence-electron chi connectivity index (χ3n) is 2.60. The van der Waals surface area contributed by atoms with Gasteiger partial charge in [0.05, 0.1) is 6.04 Å². The minimum absolute atomic E-state index is 0.0547. The fourth-order valence-corrected chi connectivity index (χ4v) is 2.37. The third kappa shape index (κ3) is 5.42. The van der Waals surface area contributed by atoms with Gasteiger partial charge in [-0.2, -0.15) is 11.8 Å². The minimum Gasteiger partial charge on any atom is -0.355 e. The molecule has 0 aliphatic carbocycles. The second-order valence-corrected chi connectivity index (χ2v) is 5.24. The van der Waals surface area contributed by atoms with E-state index < -0.39 is 0 Å². The van der Waals surface area contributed by atoms with Crippen LogP contribution in [0.1, 0.15) is 32.6 Å². The topological polar surface area (TPSA) is 41.1 Å². The van der Waals surface area contributed by atoms with Gasteiger partial charge in [-0.3, -0.25) is 4.79 Å². The summed E-state index contributed by atoms with van der Waals surface area (Å²) in [7, 11) is 0. The van der Waals surface area contributed by atoms with Crippen LogP contribution in [0.5, 0.6) is 0 Å². The molecule has 0 aromatic carbocycles. The molecule has 0 saturated carbocycles. The third-order valence-corrected chi connectivity index (χ3v) is 3.58. The molecule has 1 aliphatic heterocycles. The normalized spacial score (nSPS) is 22.2. The maximum absolute atomic E-state index is 11.6. The summed E-state index contributed by atoms with van der Waals surface area (Å²) >= 11 is 1.96. The number of nitrogens with one attached hydrogen (secondary N) is 2. The zero-order valence-electron chi connectivity index (χ0n) is 9.55. The van der Waals surface area contributed by atoms with Crippen molar-refractivity contribution in [3.05, 3.63) is 0 Å². The molecule has 1 atom stereocenters. The zero-order valence-corrected chi connectivity index (χ0v) is 10.4. The van der Waals surface area contributed by atoms with Gasteiger partial charge in [-0.15, -0.1) is 0 Å². The van der Waals surface area contributed by atoms with Crippen molar-refractivity contribution < 1.29 is 4.79 Å². The largest absolute Gasteiger partial charge is 0.355 e. The van der Waals surface area contributed by atoms with Gasteiger partial charge in [0, 0.05) is 6.54 Å². The lowest BCUT2D eigenvalue weighted by molar-refractivity contribution is -0.122. The number of thioether (sulfide) groups is 1. The molecule has 0 aromatic rings. The highest BCUT2D eigenvalue weighted by Gasteiger charge is 2.18. The second-order valence-electron chi connectivity index (χ2n) is 3.84. The van der Waals surface area contributed by atoms with Crippen LogP contribution in [0.15, 0.2) is 0 Å². The van der Waals surface area contributed by atoms with E-state index in [2.05, 4.69) is 17.6 Å². The van der Waals surface area contributed by atoms with Crippen molar-refractivity contribution in [2.45, 2.75) is 38.6 Å². The van der Waals surface area contributed by atoms with Gasteiger partial charge in [0.2, 0.25) is 5.91 Å². The molecule has 0 aromatic heterocycles. The monoisotopic (exact) mass is 230 g/mol. The molecule has 1 unspecified atom stereocenters. The Morgan fingerprint density at radius 3 is 3.20 bits per heavy atom. The van der Waals surface area contributed by atoms with Crippen molar-refractivity contribution in [1.29, 1.82) is 0 Å². The van der Waals surface area contributed by atoms with Crippen LogP contribution in [0.4, 0.5) is 0 Å². The van der Waals surface area contributed by atoms with Crippen LogP contribution in [0.25, 0.3) is 0 Å². The van der Waals surface area contributed by atoms with E-state index in [0.717, 1.165) is 38.8 Å². The Balaban J connectivity index is 2.10. The fourth-order valence-electron chi connectivity index (χ4n) is 1.73. The Bertz CT molecular complexity index is 187. The van der Waals surface area contributed by atoms with Gasteiger partial charge >= 0.3 is 0 Å². The van der Waals surface area contributed by atoms with Crippen LogP contribution in [0, 0.1) is 0 Å². The highest BCUT2D eigenvalue weighted by molar-refractivity contribution is 7.99. The van der Waals surface area contributed by atoms with E-state index in [0.29, 0.717) is 0 Å². The molecule has 1 rings (SSSR count). The Labute approximate surface area is 96.8 Å². The molecule has 1 fully saturated rings. The Morgan fingerprint density at radius 2 is 2.40 bits per heavy atom. The summed E-state index contributed by atoms with van der Waals surface area (Å²) in [6.07, 6.45) is 4.42. The van der Waals surface area contributed by atoms with Crippen LogP contribution in [-0.4, -0.2) is 36.5 Å². The molecular formula is C11H22N2OS. The smallest absolute Gasteiger partial charge is 0.237 e. The van der Waals surface area contributed by atoms with Crippen molar-refractivity contribution in [2.75, 3.05) is 24.6 Å². The molecule has 0 spiro atoms. The van der Waals surface area contributed by atoms with Crippen LogP contribution in [0.3, 0.4) is 0 Å². The highest BCUT2D eigenvalue weighted by atomic mass is 32.2. The van der Waals surface area contributed by atoms with E-state index in [1.807, 2.05) is 11.8 Å². The van der Waals surface area contributed by atoms with Crippen LogP contribution < -0.4 is 10.6 Å². The first kappa shape index (κ1) is 12.8. The Morgan fingerprint density at radius 1 is 1.53 bits per heavy atom. The van der Waals surface area contributed by atoms with Gasteiger partial charge in [-0.05, 0) is 43.7 Å². The van der Waals surface area contributed by atoms with Crippen molar-refractivity contribution in [2.24, 2.45) is 0 Å². The molecule has 1 heterocycles. The average Bonchev–Trinajstić information content (AvgIpc) is 2.44. The molecule has 3 nitrogen and oxygen atoms in total. The molecular weight excluding hydrogens is 208 g/mol. The second kappa shape index (κ2) is 7.99. The molecule has 0 radical (unpaired) electrons. The predicted molar refractivity (Wildman–Crippen MR) is 66.3 cm³/mol. The Hall–Kier alpha value is -0.220. The molecule has 1 amide bonds. The van der Waals surface area contributed by atoms with E-state index in [4.69, 9.17) is 0 Å². The lowest BCUT2D eigenvalue weighted by atomic mass is 10.1. The van der Waals surface area contributed by atoms with Gasteiger partial charge in [-0.1, -0.05) is 6.92 Å². The van der Waals surface area contributed by atoms with Gasteiger partial charge < -0.3 is 10.6 Å². The molecule has 1 aliphatic rings. The van der Waals surface area contributed by atoms with Crippen molar-refractivity contribution in [3.63, 3.8) is 0 Å². The standard InChI is InChI=1S/C11H22N2OS/c1-2-15-9-5-8-12-10-6-3-4-7-13-11(10)14/h10,12H,2-9H2,1H3,(H,13,14). The van der Waals surface area contributed by atoms with Crippen LogP contribution in [-0.2, 0) is 4.79 Å². The lowest BCUT2D eigenvalue weighted by Gasteiger charge is -2.14.